The normalized spacial score (nSPS) is 24.7. The standard InChI is InChI=1S/C13H18N4/c1-13(8-14)6-7-17(9-13)12-15-10-4-2-3-5-11(10)16-12/h2-5H,6-9,14H2,1H3,(H,15,16). The van der Waals surface area contributed by atoms with Gasteiger partial charge in [-0.3, -0.25) is 0 Å². The first-order chi connectivity index (χ1) is 8.20. The van der Waals surface area contributed by atoms with Gasteiger partial charge in [-0.2, -0.15) is 0 Å². The van der Waals surface area contributed by atoms with Crippen LogP contribution in [-0.2, 0) is 0 Å². The van der Waals surface area contributed by atoms with Crippen molar-refractivity contribution in [3.63, 3.8) is 0 Å². The average Bonchev–Trinajstić information content (AvgIpc) is 2.93. The smallest absolute Gasteiger partial charge is 0.203 e. The summed E-state index contributed by atoms with van der Waals surface area (Å²) in [6.45, 7) is 5.01. The Hall–Kier alpha value is -1.55. The maximum absolute atomic E-state index is 5.83. The molecule has 0 spiro atoms. The van der Waals surface area contributed by atoms with Crippen LogP contribution in [0.1, 0.15) is 13.3 Å². The number of anilines is 1. The first-order valence-corrected chi connectivity index (χ1v) is 6.10. The largest absolute Gasteiger partial charge is 0.342 e. The Morgan fingerprint density at radius 1 is 1.47 bits per heavy atom. The molecule has 0 saturated carbocycles. The number of hydrogen-bond acceptors (Lipinski definition) is 3. The van der Waals surface area contributed by atoms with Crippen LogP contribution in [0.3, 0.4) is 0 Å². The number of nitrogens with zero attached hydrogens (tertiary/aromatic N) is 2. The Morgan fingerprint density at radius 2 is 2.29 bits per heavy atom. The Balaban J connectivity index is 1.90. The topological polar surface area (TPSA) is 57.9 Å². The molecule has 90 valence electrons. The Morgan fingerprint density at radius 3 is 3.00 bits per heavy atom. The maximum Gasteiger partial charge on any atom is 0.203 e. The quantitative estimate of drug-likeness (QED) is 0.826. The molecule has 0 amide bonds. The van der Waals surface area contributed by atoms with E-state index in [9.17, 15) is 0 Å². The summed E-state index contributed by atoms with van der Waals surface area (Å²) in [5, 5.41) is 0. The van der Waals surface area contributed by atoms with Gasteiger partial charge in [0, 0.05) is 13.1 Å². The molecule has 1 fully saturated rings. The molecule has 4 heteroatoms. The van der Waals surface area contributed by atoms with Crippen molar-refractivity contribution in [1.82, 2.24) is 9.97 Å². The molecule has 1 saturated heterocycles. The van der Waals surface area contributed by atoms with Gasteiger partial charge in [0.2, 0.25) is 5.95 Å². The molecule has 2 heterocycles. The average molecular weight is 230 g/mol. The molecule has 2 aromatic rings. The fourth-order valence-electron chi connectivity index (χ4n) is 2.46. The van der Waals surface area contributed by atoms with Crippen molar-refractivity contribution in [3.05, 3.63) is 24.3 Å². The minimum atomic E-state index is 0.235. The van der Waals surface area contributed by atoms with Crippen LogP contribution in [0.4, 0.5) is 5.95 Å². The fraction of sp³-hybridized carbons (Fsp3) is 0.462. The third-order valence-corrected chi connectivity index (χ3v) is 3.73. The number of para-hydroxylation sites is 2. The van der Waals surface area contributed by atoms with Crippen molar-refractivity contribution in [2.45, 2.75) is 13.3 Å². The molecule has 0 aliphatic carbocycles. The van der Waals surface area contributed by atoms with Crippen LogP contribution in [0, 0.1) is 5.41 Å². The highest BCUT2D eigenvalue weighted by molar-refractivity contribution is 5.77. The predicted octanol–water partition coefficient (Wildman–Crippen LogP) is 1.74. The van der Waals surface area contributed by atoms with E-state index in [-0.39, 0.29) is 5.41 Å². The maximum atomic E-state index is 5.83. The summed E-state index contributed by atoms with van der Waals surface area (Å²) in [6, 6.07) is 8.14. The highest BCUT2D eigenvalue weighted by Crippen LogP contribution is 2.31. The highest BCUT2D eigenvalue weighted by Gasteiger charge is 2.33. The fourth-order valence-corrected chi connectivity index (χ4v) is 2.46. The molecule has 1 aromatic carbocycles. The molecule has 1 aliphatic heterocycles. The van der Waals surface area contributed by atoms with Crippen LogP contribution >= 0.6 is 0 Å². The van der Waals surface area contributed by atoms with Gasteiger partial charge in [-0.25, -0.2) is 4.98 Å². The summed E-state index contributed by atoms with van der Waals surface area (Å²) in [7, 11) is 0. The van der Waals surface area contributed by atoms with E-state index in [0.717, 1.165) is 43.0 Å². The predicted molar refractivity (Wildman–Crippen MR) is 70.1 cm³/mol. The molecule has 1 aromatic heterocycles. The molecule has 1 atom stereocenters. The lowest BCUT2D eigenvalue weighted by Gasteiger charge is -2.22. The number of fused-ring (bicyclic) bond motifs is 1. The molecule has 1 aliphatic rings. The number of aromatic nitrogens is 2. The number of nitrogens with one attached hydrogen (secondary N) is 1. The van der Waals surface area contributed by atoms with Crippen LogP contribution in [0.2, 0.25) is 0 Å². The number of benzene rings is 1. The van der Waals surface area contributed by atoms with Gasteiger partial charge < -0.3 is 15.6 Å². The molecule has 17 heavy (non-hydrogen) atoms. The molecular formula is C13H18N4. The van der Waals surface area contributed by atoms with Gasteiger partial charge in [0.05, 0.1) is 11.0 Å². The van der Waals surface area contributed by atoms with Gasteiger partial charge >= 0.3 is 0 Å². The van der Waals surface area contributed by atoms with Gasteiger partial charge in [0.15, 0.2) is 0 Å². The number of H-pyrrole nitrogens is 1. The molecule has 0 bridgehead atoms. The van der Waals surface area contributed by atoms with Crippen molar-refractivity contribution >= 4 is 17.0 Å². The van der Waals surface area contributed by atoms with E-state index in [1.54, 1.807) is 0 Å². The van der Waals surface area contributed by atoms with Crippen molar-refractivity contribution in [1.29, 1.82) is 0 Å². The third-order valence-electron chi connectivity index (χ3n) is 3.73. The molecule has 3 N–H and O–H groups in total. The number of rotatable bonds is 2. The first-order valence-electron chi connectivity index (χ1n) is 6.10. The number of imidazole rings is 1. The van der Waals surface area contributed by atoms with Crippen molar-refractivity contribution in [2.24, 2.45) is 11.1 Å². The van der Waals surface area contributed by atoms with E-state index >= 15 is 0 Å². The van der Waals surface area contributed by atoms with Gasteiger partial charge in [0.1, 0.15) is 0 Å². The summed E-state index contributed by atoms with van der Waals surface area (Å²) < 4.78 is 0. The zero-order valence-corrected chi connectivity index (χ0v) is 10.1. The summed E-state index contributed by atoms with van der Waals surface area (Å²) >= 11 is 0. The van der Waals surface area contributed by atoms with Crippen LogP contribution in [0.5, 0.6) is 0 Å². The van der Waals surface area contributed by atoms with E-state index in [4.69, 9.17) is 5.73 Å². The number of aromatic amines is 1. The second kappa shape index (κ2) is 3.74. The first kappa shape index (κ1) is 10.6. The third kappa shape index (κ3) is 1.78. The lowest BCUT2D eigenvalue weighted by molar-refractivity contribution is 0.383. The van der Waals surface area contributed by atoms with Crippen molar-refractivity contribution in [2.75, 3.05) is 24.5 Å². The molecule has 0 radical (unpaired) electrons. The van der Waals surface area contributed by atoms with E-state index in [1.165, 1.54) is 0 Å². The van der Waals surface area contributed by atoms with Crippen molar-refractivity contribution < 1.29 is 0 Å². The molecule has 4 nitrogen and oxygen atoms in total. The highest BCUT2D eigenvalue weighted by atomic mass is 15.3. The second-order valence-electron chi connectivity index (χ2n) is 5.26. The minimum Gasteiger partial charge on any atom is -0.342 e. The van der Waals surface area contributed by atoms with Gasteiger partial charge in [-0.05, 0) is 30.5 Å². The number of nitrogens with two attached hydrogens (primary N) is 1. The summed E-state index contributed by atoms with van der Waals surface area (Å²) in [6.07, 6.45) is 1.14. The van der Waals surface area contributed by atoms with Gasteiger partial charge in [-0.15, -0.1) is 0 Å². The van der Waals surface area contributed by atoms with Gasteiger partial charge in [-0.1, -0.05) is 19.1 Å². The Kier molecular flexibility index (Phi) is 2.33. The second-order valence-corrected chi connectivity index (χ2v) is 5.26. The van der Waals surface area contributed by atoms with Crippen LogP contribution in [-0.4, -0.2) is 29.6 Å². The Bertz CT molecular complexity index is 500. The van der Waals surface area contributed by atoms with E-state index in [1.807, 2.05) is 18.2 Å². The van der Waals surface area contributed by atoms with Gasteiger partial charge in [0.25, 0.3) is 0 Å². The summed E-state index contributed by atoms with van der Waals surface area (Å²) in [5.41, 5.74) is 8.19. The lowest BCUT2D eigenvalue weighted by Crippen LogP contribution is -2.31. The Labute approximate surface area is 101 Å². The molecule has 1 unspecified atom stereocenters. The van der Waals surface area contributed by atoms with Crippen LogP contribution in [0.25, 0.3) is 11.0 Å². The van der Waals surface area contributed by atoms with Crippen LogP contribution < -0.4 is 10.6 Å². The van der Waals surface area contributed by atoms with Crippen LogP contribution in [0.15, 0.2) is 24.3 Å². The monoisotopic (exact) mass is 230 g/mol. The summed E-state index contributed by atoms with van der Waals surface area (Å²) in [5.74, 6) is 0.975. The lowest BCUT2D eigenvalue weighted by atomic mass is 9.90. The molecule has 3 rings (SSSR count). The van der Waals surface area contributed by atoms with E-state index in [2.05, 4.69) is 27.9 Å². The zero-order valence-electron chi connectivity index (χ0n) is 10.1. The molecular weight excluding hydrogens is 212 g/mol. The minimum absolute atomic E-state index is 0.235. The number of hydrogen-bond donors (Lipinski definition) is 2. The van der Waals surface area contributed by atoms with Crippen molar-refractivity contribution in [3.8, 4) is 0 Å². The zero-order chi connectivity index (χ0) is 11.9. The van der Waals surface area contributed by atoms with E-state index in [0.29, 0.717) is 0 Å². The summed E-state index contributed by atoms with van der Waals surface area (Å²) in [4.78, 5) is 10.3. The SMILES string of the molecule is CC1(CN)CCN(c2nc3ccccc3[nH]2)C1. The van der Waals surface area contributed by atoms with E-state index < -0.39 is 0 Å².